The van der Waals surface area contributed by atoms with Crippen LogP contribution in [0.2, 0.25) is 0 Å². The summed E-state index contributed by atoms with van der Waals surface area (Å²) in [6.45, 7) is 5.51. The van der Waals surface area contributed by atoms with Crippen LogP contribution in [0.5, 0.6) is 0 Å². The fourth-order valence-electron chi connectivity index (χ4n) is 2.74. The lowest BCUT2D eigenvalue weighted by molar-refractivity contribution is -0.131. The van der Waals surface area contributed by atoms with Gasteiger partial charge in [0.25, 0.3) is 5.91 Å². The van der Waals surface area contributed by atoms with Crippen LogP contribution < -0.4 is 10.2 Å². The lowest BCUT2D eigenvalue weighted by atomic mass is 10.1. The molecule has 124 valence electrons. The van der Waals surface area contributed by atoms with Gasteiger partial charge < -0.3 is 10.2 Å². The van der Waals surface area contributed by atoms with Crippen molar-refractivity contribution in [3.63, 3.8) is 0 Å². The first kappa shape index (κ1) is 17.0. The molecule has 0 unspecified atom stereocenters. The number of imide groups is 1. The predicted octanol–water partition coefficient (Wildman–Crippen LogP) is 2.15. The molecule has 1 N–H and O–H groups in total. The van der Waals surface area contributed by atoms with E-state index in [0.717, 1.165) is 17.0 Å². The fraction of sp³-hybridized carbons (Fsp3) is 0.471. The summed E-state index contributed by atoms with van der Waals surface area (Å²) in [6, 6.07) is 8.18. The Bertz CT molecular complexity index is 586. The lowest BCUT2D eigenvalue weighted by Crippen LogP contribution is -2.46. The average molecular weight is 317 g/mol. The molecule has 6 heteroatoms. The first-order valence-electron chi connectivity index (χ1n) is 7.94. The molecule has 1 heterocycles. The lowest BCUT2D eigenvalue weighted by Gasteiger charge is -2.28. The van der Waals surface area contributed by atoms with Gasteiger partial charge in [0.1, 0.15) is 12.6 Å². The third-order valence-corrected chi connectivity index (χ3v) is 3.80. The van der Waals surface area contributed by atoms with Crippen molar-refractivity contribution in [1.29, 1.82) is 0 Å². The highest BCUT2D eigenvalue weighted by Gasteiger charge is 2.39. The SMILES string of the molecule is CCC[C@@H]1NC(=O)N(CC(=O)N(c2ccccc2)C(C)C)C1=O. The minimum Gasteiger partial charge on any atom is -0.326 e. The topological polar surface area (TPSA) is 69.7 Å². The molecule has 1 aliphatic heterocycles. The van der Waals surface area contributed by atoms with Gasteiger partial charge in [-0.3, -0.25) is 14.5 Å². The molecule has 1 aromatic carbocycles. The Morgan fingerprint density at radius 1 is 1.26 bits per heavy atom. The highest BCUT2D eigenvalue weighted by Crippen LogP contribution is 2.18. The Labute approximate surface area is 136 Å². The molecule has 0 bridgehead atoms. The monoisotopic (exact) mass is 317 g/mol. The van der Waals surface area contributed by atoms with Crippen LogP contribution in [0.4, 0.5) is 10.5 Å². The molecule has 1 aliphatic rings. The number of nitrogens with zero attached hydrogens (tertiary/aromatic N) is 2. The van der Waals surface area contributed by atoms with E-state index < -0.39 is 12.1 Å². The fourth-order valence-corrected chi connectivity index (χ4v) is 2.74. The van der Waals surface area contributed by atoms with E-state index in [1.165, 1.54) is 0 Å². The summed E-state index contributed by atoms with van der Waals surface area (Å²) >= 11 is 0. The second-order valence-electron chi connectivity index (χ2n) is 5.91. The first-order valence-corrected chi connectivity index (χ1v) is 7.94. The minimum absolute atomic E-state index is 0.0721. The Hall–Kier alpha value is -2.37. The van der Waals surface area contributed by atoms with E-state index in [-0.39, 0.29) is 24.4 Å². The van der Waals surface area contributed by atoms with E-state index in [1.807, 2.05) is 51.1 Å². The van der Waals surface area contributed by atoms with Crippen LogP contribution in [0.1, 0.15) is 33.6 Å². The zero-order chi connectivity index (χ0) is 17.0. The highest BCUT2D eigenvalue weighted by molar-refractivity contribution is 6.08. The number of anilines is 1. The number of para-hydroxylation sites is 1. The molecule has 1 aromatic rings. The normalized spacial score (nSPS) is 17.6. The maximum Gasteiger partial charge on any atom is 0.325 e. The van der Waals surface area contributed by atoms with Gasteiger partial charge in [-0.25, -0.2) is 4.79 Å². The molecule has 0 spiro atoms. The number of urea groups is 1. The molecule has 1 atom stereocenters. The van der Waals surface area contributed by atoms with E-state index in [0.29, 0.717) is 6.42 Å². The number of nitrogens with one attached hydrogen (secondary N) is 1. The number of rotatable bonds is 6. The molecule has 23 heavy (non-hydrogen) atoms. The van der Waals surface area contributed by atoms with Crippen molar-refractivity contribution >= 4 is 23.5 Å². The zero-order valence-electron chi connectivity index (χ0n) is 13.8. The number of amides is 4. The van der Waals surface area contributed by atoms with Crippen molar-refractivity contribution in [2.75, 3.05) is 11.4 Å². The number of carbonyl (C=O) groups excluding carboxylic acids is 3. The van der Waals surface area contributed by atoms with Crippen molar-refractivity contribution < 1.29 is 14.4 Å². The maximum atomic E-state index is 12.6. The van der Waals surface area contributed by atoms with Gasteiger partial charge in [0.05, 0.1) is 0 Å². The van der Waals surface area contributed by atoms with Crippen LogP contribution in [-0.2, 0) is 9.59 Å². The van der Waals surface area contributed by atoms with Gasteiger partial charge in [0, 0.05) is 11.7 Å². The van der Waals surface area contributed by atoms with Gasteiger partial charge in [-0.05, 0) is 32.4 Å². The van der Waals surface area contributed by atoms with Crippen molar-refractivity contribution in [3.05, 3.63) is 30.3 Å². The molecular formula is C17H23N3O3. The van der Waals surface area contributed by atoms with Crippen LogP contribution in [0.15, 0.2) is 30.3 Å². The van der Waals surface area contributed by atoms with Crippen molar-refractivity contribution in [2.45, 2.75) is 45.7 Å². The molecule has 4 amide bonds. The van der Waals surface area contributed by atoms with Crippen molar-refractivity contribution in [1.82, 2.24) is 10.2 Å². The van der Waals surface area contributed by atoms with Crippen molar-refractivity contribution in [3.8, 4) is 0 Å². The molecule has 0 aliphatic carbocycles. The van der Waals surface area contributed by atoms with Gasteiger partial charge in [-0.15, -0.1) is 0 Å². The Balaban J connectivity index is 2.13. The highest BCUT2D eigenvalue weighted by atomic mass is 16.2. The second-order valence-corrected chi connectivity index (χ2v) is 5.91. The molecule has 0 radical (unpaired) electrons. The summed E-state index contributed by atoms with van der Waals surface area (Å²) in [5, 5.41) is 2.63. The van der Waals surface area contributed by atoms with Gasteiger partial charge >= 0.3 is 6.03 Å². The van der Waals surface area contributed by atoms with Crippen LogP contribution in [0, 0.1) is 0 Å². The smallest absolute Gasteiger partial charge is 0.325 e. The molecule has 6 nitrogen and oxygen atoms in total. The third-order valence-electron chi connectivity index (χ3n) is 3.80. The summed E-state index contributed by atoms with van der Waals surface area (Å²) in [5.74, 6) is -0.589. The number of hydrogen-bond acceptors (Lipinski definition) is 3. The average Bonchev–Trinajstić information content (AvgIpc) is 2.76. The summed E-state index contributed by atoms with van der Waals surface area (Å²) in [5.41, 5.74) is 0.754. The van der Waals surface area contributed by atoms with Gasteiger partial charge in [0.2, 0.25) is 5.91 Å². The summed E-state index contributed by atoms with van der Waals surface area (Å²) in [4.78, 5) is 39.5. The minimum atomic E-state index is -0.510. The van der Waals surface area contributed by atoms with Crippen LogP contribution in [-0.4, -0.2) is 41.4 Å². The molecule has 1 fully saturated rings. The Kier molecular flexibility index (Phi) is 5.36. The third kappa shape index (κ3) is 3.70. The van der Waals surface area contributed by atoms with E-state index in [4.69, 9.17) is 0 Å². The maximum absolute atomic E-state index is 12.6. The molecule has 1 saturated heterocycles. The molecule has 2 rings (SSSR count). The molecule has 0 aromatic heterocycles. The summed E-state index contributed by atoms with van der Waals surface area (Å²) in [6.07, 6.45) is 1.38. The van der Waals surface area contributed by atoms with Crippen LogP contribution in [0.3, 0.4) is 0 Å². The number of carbonyl (C=O) groups is 3. The van der Waals surface area contributed by atoms with Gasteiger partial charge in [0.15, 0.2) is 0 Å². The van der Waals surface area contributed by atoms with Gasteiger partial charge in [-0.2, -0.15) is 0 Å². The van der Waals surface area contributed by atoms with E-state index in [2.05, 4.69) is 5.32 Å². The number of hydrogen-bond donors (Lipinski definition) is 1. The summed E-state index contributed by atoms with van der Waals surface area (Å²) in [7, 11) is 0. The molecular weight excluding hydrogens is 294 g/mol. The Morgan fingerprint density at radius 2 is 1.91 bits per heavy atom. The Morgan fingerprint density at radius 3 is 2.48 bits per heavy atom. The van der Waals surface area contributed by atoms with E-state index >= 15 is 0 Å². The zero-order valence-corrected chi connectivity index (χ0v) is 13.8. The largest absolute Gasteiger partial charge is 0.326 e. The molecule has 0 saturated carbocycles. The predicted molar refractivity (Wildman–Crippen MR) is 88.0 cm³/mol. The van der Waals surface area contributed by atoms with Crippen LogP contribution in [0.25, 0.3) is 0 Å². The van der Waals surface area contributed by atoms with Gasteiger partial charge in [-0.1, -0.05) is 31.5 Å². The first-order chi connectivity index (χ1) is 11.0. The standard InChI is InChI=1S/C17H23N3O3/c1-4-8-14-16(22)19(17(23)18-14)11-15(21)20(12(2)3)13-9-6-5-7-10-13/h5-7,9-10,12,14H,4,8,11H2,1-3H3,(H,18,23)/t14-/m0/s1. The summed E-state index contributed by atoms with van der Waals surface area (Å²) < 4.78 is 0. The van der Waals surface area contributed by atoms with E-state index in [9.17, 15) is 14.4 Å². The second kappa shape index (κ2) is 7.26. The quantitative estimate of drug-likeness (QED) is 0.817. The number of benzene rings is 1. The van der Waals surface area contributed by atoms with Crippen molar-refractivity contribution in [2.24, 2.45) is 0 Å². The van der Waals surface area contributed by atoms with Crippen LogP contribution >= 0.6 is 0 Å². The van der Waals surface area contributed by atoms with E-state index in [1.54, 1.807) is 4.90 Å².